The van der Waals surface area contributed by atoms with E-state index in [-0.39, 0.29) is 12.5 Å². The molecule has 1 N–H and O–H groups in total. The fraction of sp³-hybridized carbons (Fsp3) is 0.929. The summed E-state index contributed by atoms with van der Waals surface area (Å²) >= 11 is 0. The Bertz CT molecular complexity index is 295. The summed E-state index contributed by atoms with van der Waals surface area (Å²) in [5.74, 6) is 0.767. The molecule has 1 heterocycles. The molecule has 0 aromatic heterocycles. The first-order valence-corrected chi connectivity index (χ1v) is 7.13. The summed E-state index contributed by atoms with van der Waals surface area (Å²) in [6, 6.07) is 0.619. The summed E-state index contributed by atoms with van der Waals surface area (Å²) in [5.41, 5.74) is 0. The first-order chi connectivity index (χ1) is 8.56. The summed E-state index contributed by atoms with van der Waals surface area (Å²) < 4.78 is 5.55. The molecule has 0 aromatic rings. The number of ether oxygens (including phenoxy) is 1. The molecule has 1 aliphatic heterocycles. The second kappa shape index (κ2) is 6.02. The number of carboxylic acids is 1. The van der Waals surface area contributed by atoms with Crippen molar-refractivity contribution in [2.45, 2.75) is 51.7 Å². The minimum atomic E-state index is -0.757. The number of hydrogen-bond acceptors (Lipinski definition) is 3. The van der Waals surface area contributed by atoms with Crippen LogP contribution in [-0.4, -0.2) is 47.8 Å². The minimum absolute atomic E-state index is 0.124. The summed E-state index contributed by atoms with van der Waals surface area (Å²) in [4.78, 5) is 13.2. The monoisotopic (exact) mass is 255 g/mol. The van der Waals surface area contributed by atoms with Crippen molar-refractivity contribution < 1.29 is 14.6 Å². The summed E-state index contributed by atoms with van der Waals surface area (Å²) in [6.07, 6.45) is 3.89. The molecule has 1 saturated carbocycles. The van der Waals surface area contributed by atoms with Gasteiger partial charge in [-0.1, -0.05) is 20.3 Å². The standard InChI is InChI=1S/C14H25NO3/c1-10-3-4-11(2)13(7-10)15-5-6-18-12(9-15)8-14(16)17/h10-13H,3-9H2,1-2H3,(H,16,17). The van der Waals surface area contributed by atoms with Crippen LogP contribution >= 0.6 is 0 Å². The van der Waals surface area contributed by atoms with Crippen LogP contribution in [0, 0.1) is 11.8 Å². The van der Waals surface area contributed by atoms with E-state index in [4.69, 9.17) is 9.84 Å². The smallest absolute Gasteiger partial charge is 0.306 e. The van der Waals surface area contributed by atoms with Crippen LogP contribution in [0.3, 0.4) is 0 Å². The maximum atomic E-state index is 10.8. The Balaban J connectivity index is 1.92. The van der Waals surface area contributed by atoms with Crippen LogP contribution in [0.5, 0.6) is 0 Å². The molecule has 4 unspecified atom stereocenters. The first-order valence-electron chi connectivity index (χ1n) is 7.13. The Morgan fingerprint density at radius 3 is 2.89 bits per heavy atom. The molecule has 2 aliphatic rings. The summed E-state index contributed by atoms with van der Waals surface area (Å²) in [6.45, 7) is 7.08. The van der Waals surface area contributed by atoms with Crippen LogP contribution in [0.15, 0.2) is 0 Å². The van der Waals surface area contributed by atoms with E-state index in [1.54, 1.807) is 0 Å². The zero-order valence-electron chi connectivity index (χ0n) is 11.5. The first kappa shape index (κ1) is 13.8. The van der Waals surface area contributed by atoms with E-state index in [0.29, 0.717) is 12.6 Å². The number of rotatable bonds is 3. The Morgan fingerprint density at radius 2 is 2.17 bits per heavy atom. The highest BCUT2D eigenvalue weighted by Crippen LogP contribution is 2.32. The fourth-order valence-corrected chi connectivity index (χ4v) is 3.37. The van der Waals surface area contributed by atoms with Crippen LogP contribution in [0.4, 0.5) is 0 Å². The van der Waals surface area contributed by atoms with Crippen molar-refractivity contribution >= 4 is 5.97 Å². The average molecular weight is 255 g/mol. The normalized spacial score (nSPS) is 38.6. The molecule has 104 valence electrons. The van der Waals surface area contributed by atoms with Gasteiger partial charge in [0.15, 0.2) is 0 Å². The van der Waals surface area contributed by atoms with Crippen molar-refractivity contribution in [1.29, 1.82) is 0 Å². The number of nitrogens with zero attached hydrogens (tertiary/aromatic N) is 1. The van der Waals surface area contributed by atoms with Crippen molar-refractivity contribution in [3.63, 3.8) is 0 Å². The van der Waals surface area contributed by atoms with E-state index >= 15 is 0 Å². The number of carboxylic acid groups (broad SMARTS) is 1. The van der Waals surface area contributed by atoms with Gasteiger partial charge in [0.25, 0.3) is 0 Å². The van der Waals surface area contributed by atoms with E-state index in [1.165, 1.54) is 19.3 Å². The lowest BCUT2D eigenvalue weighted by atomic mass is 9.79. The molecular formula is C14H25NO3. The van der Waals surface area contributed by atoms with Gasteiger partial charge in [-0.2, -0.15) is 0 Å². The van der Waals surface area contributed by atoms with Gasteiger partial charge in [0, 0.05) is 19.1 Å². The predicted molar refractivity (Wildman–Crippen MR) is 69.5 cm³/mol. The van der Waals surface area contributed by atoms with Gasteiger partial charge in [-0.25, -0.2) is 0 Å². The molecule has 18 heavy (non-hydrogen) atoms. The maximum absolute atomic E-state index is 10.8. The zero-order chi connectivity index (χ0) is 13.1. The molecule has 0 spiro atoms. The lowest BCUT2D eigenvalue weighted by Crippen LogP contribution is -2.51. The molecule has 4 atom stereocenters. The molecule has 1 saturated heterocycles. The molecule has 0 radical (unpaired) electrons. The third kappa shape index (κ3) is 3.45. The van der Waals surface area contributed by atoms with Crippen molar-refractivity contribution in [1.82, 2.24) is 4.90 Å². The van der Waals surface area contributed by atoms with Gasteiger partial charge in [0.1, 0.15) is 0 Å². The van der Waals surface area contributed by atoms with Crippen LogP contribution < -0.4 is 0 Å². The van der Waals surface area contributed by atoms with E-state index < -0.39 is 5.97 Å². The van der Waals surface area contributed by atoms with E-state index in [1.807, 2.05) is 0 Å². The third-order valence-corrected chi connectivity index (χ3v) is 4.46. The second-order valence-electron chi connectivity index (χ2n) is 6.05. The van der Waals surface area contributed by atoms with Crippen molar-refractivity contribution in [2.75, 3.05) is 19.7 Å². The van der Waals surface area contributed by atoms with E-state index in [2.05, 4.69) is 18.7 Å². The van der Waals surface area contributed by atoms with Gasteiger partial charge >= 0.3 is 5.97 Å². The molecule has 1 aliphatic carbocycles. The van der Waals surface area contributed by atoms with Crippen molar-refractivity contribution in [3.05, 3.63) is 0 Å². The minimum Gasteiger partial charge on any atom is -0.481 e. The van der Waals surface area contributed by atoms with Crippen molar-refractivity contribution in [3.8, 4) is 0 Å². The lowest BCUT2D eigenvalue weighted by molar-refractivity contribution is -0.143. The van der Waals surface area contributed by atoms with E-state index in [0.717, 1.165) is 24.9 Å². The lowest BCUT2D eigenvalue weighted by Gasteiger charge is -2.44. The second-order valence-corrected chi connectivity index (χ2v) is 6.05. The van der Waals surface area contributed by atoms with Gasteiger partial charge in [-0.3, -0.25) is 9.69 Å². The average Bonchev–Trinajstić information content (AvgIpc) is 2.32. The zero-order valence-corrected chi connectivity index (χ0v) is 11.5. The molecule has 2 rings (SSSR count). The number of aliphatic carboxylic acids is 1. The quantitative estimate of drug-likeness (QED) is 0.838. The van der Waals surface area contributed by atoms with Crippen LogP contribution in [0.1, 0.15) is 39.5 Å². The van der Waals surface area contributed by atoms with Crippen molar-refractivity contribution in [2.24, 2.45) is 11.8 Å². The highest BCUT2D eigenvalue weighted by molar-refractivity contribution is 5.67. The third-order valence-electron chi connectivity index (χ3n) is 4.46. The molecule has 4 nitrogen and oxygen atoms in total. The Kier molecular flexibility index (Phi) is 4.62. The highest BCUT2D eigenvalue weighted by atomic mass is 16.5. The largest absolute Gasteiger partial charge is 0.481 e. The van der Waals surface area contributed by atoms with Crippen LogP contribution in [0.25, 0.3) is 0 Å². The molecule has 0 aromatic carbocycles. The Morgan fingerprint density at radius 1 is 1.39 bits per heavy atom. The summed E-state index contributed by atoms with van der Waals surface area (Å²) in [7, 11) is 0. The fourth-order valence-electron chi connectivity index (χ4n) is 3.37. The predicted octanol–water partition coefficient (Wildman–Crippen LogP) is 1.99. The molecule has 2 fully saturated rings. The maximum Gasteiger partial charge on any atom is 0.306 e. The molecular weight excluding hydrogens is 230 g/mol. The van der Waals surface area contributed by atoms with Gasteiger partial charge in [-0.15, -0.1) is 0 Å². The topological polar surface area (TPSA) is 49.8 Å². The SMILES string of the molecule is CC1CCC(C)C(N2CCOC(CC(=O)O)C2)C1. The van der Waals surface area contributed by atoms with E-state index in [9.17, 15) is 4.79 Å². The Labute approximate surface area is 109 Å². The number of morpholine rings is 1. The van der Waals surface area contributed by atoms with Gasteiger partial charge in [-0.05, 0) is 24.7 Å². The molecule has 4 heteroatoms. The molecule has 0 bridgehead atoms. The van der Waals surface area contributed by atoms with Crippen LogP contribution in [0.2, 0.25) is 0 Å². The molecule has 0 amide bonds. The number of hydrogen-bond donors (Lipinski definition) is 1. The van der Waals surface area contributed by atoms with Gasteiger partial charge < -0.3 is 9.84 Å². The van der Waals surface area contributed by atoms with Crippen LogP contribution in [-0.2, 0) is 9.53 Å². The summed E-state index contributed by atoms with van der Waals surface area (Å²) in [5, 5.41) is 8.86. The van der Waals surface area contributed by atoms with Gasteiger partial charge in [0.2, 0.25) is 0 Å². The highest BCUT2D eigenvalue weighted by Gasteiger charge is 2.33. The Hall–Kier alpha value is -0.610. The van der Waals surface area contributed by atoms with Gasteiger partial charge in [0.05, 0.1) is 19.1 Å². The number of carbonyl (C=O) groups is 1.